The molecule has 0 bridgehead atoms. The molecule has 0 aliphatic heterocycles. The highest BCUT2D eigenvalue weighted by Crippen LogP contribution is 2.32. The van der Waals surface area contributed by atoms with Crippen molar-refractivity contribution in [3.8, 4) is 11.8 Å². The highest BCUT2D eigenvalue weighted by Gasteiger charge is 2.18. The summed E-state index contributed by atoms with van der Waals surface area (Å²) in [5.74, 6) is 0.689. The van der Waals surface area contributed by atoms with Gasteiger partial charge in [0.05, 0.1) is 22.7 Å². The first kappa shape index (κ1) is 15.2. The van der Waals surface area contributed by atoms with Crippen LogP contribution in [0.4, 0.5) is 0 Å². The number of methoxy groups -OCH3 is 1. The molecule has 2 rings (SSSR count). The predicted octanol–water partition coefficient (Wildman–Crippen LogP) is 4.06. The molecule has 1 aromatic rings. The van der Waals surface area contributed by atoms with E-state index in [0.29, 0.717) is 22.5 Å². The number of oxime groups is 1. The Hall–Kier alpha value is -2.22. The van der Waals surface area contributed by atoms with Gasteiger partial charge in [-0.3, -0.25) is 0 Å². The van der Waals surface area contributed by atoms with E-state index in [1.807, 2.05) is 0 Å². The molecule has 4 nitrogen and oxygen atoms in total. The van der Waals surface area contributed by atoms with Crippen LogP contribution in [-0.2, 0) is 0 Å². The highest BCUT2D eigenvalue weighted by molar-refractivity contribution is 6.48. The third-order valence-electron chi connectivity index (χ3n) is 2.90. The fraction of sp³-hybridized carbons (Fsp3) is 0.0667. The number of nitrogens with zero attached hydrogens (tertiary/aromatic N) is 2. The Bertz CT molecular complexity index is 723. The van der Waals surface area contributed by atoms with Crippen molar-refractivity contribution in [2.24, 2.45) is 5.16 Å². The molecule has 0 saturated heterocycles. The molecule has 0 heterocycles. The molecular formula is C15H10Cl2N2O2. The first-order chi connectivity index (χ1) is 10.1. The summed E-state index contributed by atoms with van der Waals surface area (Å²) in [5, 5.41) is 21.7. The molecule has 0 aromatic heterocycles. The SMILES string of the molecule is COc1ccc(/C(C#N)=C2C=C(Cl)/C(=N\O)C=C/2Cl)cc1. The van der Waals surface area contributed by atoms with Crippen molar-refractivity contribution < 1.29 is 9.94 Å². The Morgan fingerprint density at radius 2 is 1.86 bits per heavy atom. The van der Waals surface area contributed by atoms with Gasteiger partial charge in [-0.1, -0.05) is 28.4 Å². The standard InChI is InChI=1S/C15H10Cl2N2O2/c1-21-10-4-2-9(3-5-10)12(8-18)11-6-14(17)15(19-20)7-13(11)16/h2-7,20H,1H3/b12-11-,19-15-. The molecular weight excluding hydrogens is 311 g/mol. The minimum atomic E-state index is 0.150. The van der Waals surface area contributed by atoms with E-state index in [9.17, 15) is 5.26 Å². The van der Waals surface area contributed by atoms with Crippen molar-refractivity contribution in [1.82, 2.24) is 0 Å². The smallest absolute Gasteiger partial charge is 0.122 e. The number of rotatable bonds is 2. The molecule has 0 saturated carbocycles. The van der Waals surface area contributed by atoms with Gasteiger partial charge in [0.25, 0.3) is 0 Å². The average molecular weight is 321 g/mol. The number of hydrogen-bond acceptors (Lipinski definition) is 4. The largest absolute Gasteiger partial charge is 0.497 e. The molecule has 0 radical (unpaired) electrons. The van der Waals surface area contributed by atoms with Crippen LogP contribution in [0.1, 0.15) is 5.56 Å². The lowest BCUT2D eigenvalue weighted by Crippen LogP contribution is -2.03. The highest BCUT2D eigenvalue weighted by atomic mass is 35.5. The number of halogens is 2. The summed E-state index contributed by atoms with van der Waals surface area (Å²) >= 11 is 12.1. The zero-order chi connectivity index (χ0) is 15.4. The minimum absolute atomic E-state index is 0.150. The van der Waals surface area contributed by atoms with E-state index in [2.05, 4.69) is 11.2 Å². The predicted molar refractivity (Wildman–Crippen MR) is 82.6 cm³/mol. The van der Waals surface area contributed by atoms with Crippen LogP contribution < -0.4 is 4.74 Å². The fourth-order valence-electron chi connectivity index (χ4n) is 1.84. The van der Waals surface area contributed by atoms with Crippen molar-refractivity contribution >= 4 is 34.5 Å². The summed E-state index contributed by atoms with van der Waals surface area (Å²) in [6, 6.07) is 9.13. The zero-order valence-corrected chi connectivity index (χ0v) is 12.5. The van der Waals surface area contributed by atoms with Gasteiger partial charge in [-0.25, -0.2) is 0 Å². The molecule has 1 aromatic carbocycles. The second kappa shape index (κ2) is 6.49. The van der Waals surface area contributed by atoms with Crippen LogP contribution >= 0.6 is 23.2 Å². The lowest BCUT2D eigenvalue weighted by atomic mass is 9.97. The van der Waals surface area contributed by atoms with Gasteiger partial charge >= 0.3 is 0 Å². The van der Waals surface area contributed by atoms with Gasteiger partial charge in [-0.05, 0) is 42.0 Å². The third-order valence-corrected chi connectivity index (χ3v) is 3.52. The van der Waals surface area contributed by atoms with Crippen molar-refractivity contribution in [1.29, 1.82) is 5.26 Å². The van der Waals surface area contributed by atoms with Crippen LogP contribution in [0, 0.1) is 11.3 Å². The third kappa shape index (κ3) is 3.10. The van der Waals surface area contributed by atoms with E-state index >= 15 is 0 Å². The van der Waals surface area contributed by atoms with Gasteiger partial charge in [0.15, 0.2) is 0 Å². The maximum absolute atomic E-state index is 9.41. The first-order valence-electron chi connectivity index (χ1n) is 5.86. The van der Waals surface area contributed by atoms with Crippen LogP contribution in [-0.4, -0.2) is 18.0 Å². The van der Waals surface area contributed by atoms with Crippen molar-refractivity contribution in [3.05, 3.63) is 57.6 Å². The lowest BCUT2D eigenvalue weighted by molar-refractivity contribution is 0.320. The normalized spacial score (nSPS) is 18.7. The lowest BCUT2D eigenvalue weighted by Gasteiger charge is -2.12. The Balaban J connectivity index is 2.56. The van der Waals surface area contributed by atoms with Gasteiger partial charge in [-0.15, -0.1) is 0 Å². The molecule has 0 unspecified atom stereocenters. The van der Waals surface area contributed by atoms with Crippen molar-refractivity contribution in [2.45, 2.75) is 0 Å². The van der Waals surface area contributed by atoms with E-state index in [1.165, 1.54) is 12.2 Å². The molecule has 0 amide bonds. The topological polar surface area (TPSA) is 65.6 Å². The van der Waals surface area contributed by atoms with Gasteiger partial charge in [0.2, 0.25) is 0 Å². The van der Waals surface area contributed by atoms with Crippen LogP contribution in [0.2, 0.25) is 0 Å². The molecule has 6 heteroatoms. The molecule has 1 aliphatic rings. The Kier molecular flexibility index (Phi) is 4.69. The first-order valence-corrected chi connectivity index (χ1v) is 6.62. The summed E-state index contributed by atoms with van der Waals surface area (Å²) in [5.41, 5.74) is 1.68. The molecule has 106 valence electrons. The number of allylic oxidation sites excluding steroid dienone is 6. The van der Waals surface area contributed by atoms with Crippen LogP contribution in [0.15, 0.2) is 57.2 Å². The van der Waals surface area contributed by atoms with Crippen molar-refractivity contribution in [2.75, 3.05) is 7.11 Å². The van der Waals surface area contributed by atoms with Gasteiger partial charge in [-0.2, -0.15) is 5.26 Å². The second-order valence-corrected chi connectivity index (χ2v) is 4.91. The molecule has 21 heavy (non-hydrogen) atoms. The van der Waals surface area contributed by atoms with E-state index in [4.69, 9.17) is 33.1 Å². The number of ether oxygens (including phenoxy) is 1. The van der Waals surface area contributed by atoms with E-state index in [1.54, 1.807) is 31.4 Å². The van der Waals surface area contributed by atoms with E-state index in [-0.39, 0.29) is 15.8 Å². The fourth-order valence-corrected chi connectivity index (χ4v) is 2.30. The number of nitriles is 1. The zero-order valence-electron chi connectivity index (χ0n) is 11.0. The molecule has 1 N–H and O–H groups in total. The average Bonchev–Trinajstić information content (AvgIpc) is 2.51. The summed E-state index contributed by atoms with van der Waals surface area (Å²) in [6.07, 6.45) is 2.90. The van der Waals surface area contributed by atoms with Gasteiger partial charge < -0.3 is 9.94 Å². The molecule has 0 spiro atoms. The van der Waals surface area contributed by atoms with Crippen LogP contribution in [0.25, 0.3) is 5.57 Å². The molecule has 0 atom stereocenters. The minimum Gasteiger partial charge on any atom is -0.497 e. The summed E-state index contributed by atoms with van der Waals surface area (Å²) in [7, 11) is 1.57. The summed E-state index contributed by atoms with van der Waals surface area (Å²) in [4.78, 5) is 0. The molecule has 1 aliphatic carbocycles. The second-order valence-electron chi connectivity index (χ2n) is 4.10. The van der Waals surface area contributed by atoms with Gasteiger partial charge in [0.1, 0.15) is 17.5 Å². The number of benzene rings is 1. The summed E-state index contributed by atoms with van der Waals surface area (Å²) < 4.78 is 5.08. The Labute approximate surface area is 131 Å². The Morgan fingerprint density at radius 3 is 2.38 bits per heavy atom. The maximum atomic E-state index is 9.41. The van der Waals surface area contributed by atoms with Crippen LogP contribution in [0.5, 0.6) is 5.75 Å². The number of hydrogen-bond donors (Lipinski definition) is 1. The van der Waals surface area contributed by atoms with Gasteiger partial charge in [0, 0.05) is 5.57 Å². The maximum Gasteiger partial charge on any atom is 0.122 e. The van der Waals surface area contributed by atoms with Crippen LogP contribution in [0.3, 0.4) is 0 Å². The van der Waals surface area contributed by atoms with E-state index in [0.717, 1.165) is 0 Å². The monoisotopic (exact) mass is 320 g/mol. The summed E-state index contributed by atoms with van der Waals surface area (Å²) in [6.45, 7) is 0. The van der Waals surface area contributed by atoms with E-state index < -0.39 is 0 Å². The van der Waals surface area contributed by atoms with Crippen molar-refractivity contribution in [3.63, 3.8) is 0 Å². The molecule has 0 fully saturated rings. The Morgan fingerprint density at radius 1 is 1.19 bits per heavy atom. The quantitative estimate of drug-likeness (QED) is 0.507.